The Morgan fingerprint density at radius 2 is 2.04 bits per heavy atom. The van der Waals surface area contributed by atoms with Gasteiger partial charge in [-0.1, -0.05) is 30.3 Å². The van der Waals surface area contributed by atoms with E-state index >= 15 is 0 Å². The summed E-state index contributed by atoms with van der Waals surface area (Å²) in [6.07, 6.45) is 2.19. The van der Waals surface area contributed by atoms with Gasteiger partial charge in [0.2, 0.25) is 11.9 Å². The minimum absolute atomic E-state index is 0.0872. The number of aromatic nitrogens is 3. The Kier molecular flexibility index (Phi) is 5.03. The van der Waals surface area contributed by atoms with Gasteiger partial charge in [-0.3, -0.25) is 19.8 Å². The molecule has 0 unspecified atom stereocenters. The van der Waals surface area contributed by atoms with Crippen LogP contribution in [0.1, 0.15) is 18.4 Å². The number of hydrogen-bond acceptors (Lipinski definition) is 5. The summed E-state index contributed by atoms with van der Waals surface area (Å²) in [6.45, 7) is 0.315. The molecule has 1 aliphatic heterocycles. The zero-order valence-electron chi connectivity index (χ0n) is 13.4. The van der Waals surface area contributed by atoms with E-state index in [2.05, 4.69) is 25.8 Å². The predicted molar refractivity (Wildman–Crippen MR) is 88.4 cm³/mol. The number of urea groups is 1. The summed E-state index contributed by atoms with van der Waals surface area (Å²) in [6, 6.07) is 8.55. The van der Waals surface area contributed by atoms with Crippen LogP contribution in [0, 0.1) is 0 Å². The number of benzene rings is 1. The van der Waals surface area contributed by atoms with E-state index in [1.54, 1.807) is 0 Å². The molecule has 1 aromatic carbocycles. The molecule has 3 N–H and O–H groups in total. The van der Waals surface area contributed by atoms with Crippen LogP contribution >= 0.6 is 0 Å². The van der Waals surface area contributed by atoms with E-state index in [1.165, 1.54) is 11.2 Å². The topological polar surface area (TPSA) is 120 Å². The second kappa shape index (κ2) is 7.56. The van der Waals surface area contributed by atoms with E-state index in [9.17, 15) is 14.4 Å². The van der Waals surface area contributed by atoms with Gasteiger partial charge in [-0.15, -0.1) is 0 Å². The molecule has 0 spiro atoms. The van der Waals surface area contributed by atoms with E-state index < -0.39 is 12.1 Å². The van der Waals surface area contributed by atoms with Crippen molar-refractivity contribution in [2.75, 3.05) is 11.9 Å². The van der Waals surface area contributed by atoms with E-state index in [0.29, 0.717) is 13.0 Å². The third kappa shape index (κ3) is 4.19. The molecular weight excluding hydrogens is 324 g/mol. The lowest BCUT2D eigenvalue weighted by Gasteiger charge is -2.13. The third-order valence-corrected chi connectivity index (χ3v) is 3.91. The number of carbonyl (C=O) groups is 3. The molecule has 2 aromatic rings. The molecule has 1 fully saturated rings. The summed E-state index contributed by atoms with van der Waals surface area (Å²) in [7, 11) is 0. The smallest absolute Gasteiger partial charge is 0.324 e. The van der Waals surface area contributed by atoms with Gasteiger partial charge in [0, 0.05) is 13.0 Å². The van der Waals surface area contributed by atoms with Gasteiger partial charge < -0.3 is 5.32 Å². The first kappa shape index (κ1) is 16.6. The zero-order chi connectivity index (χ0) is 17.6. The number of hydrogen-bond donors (Lipinski definition) is 3. The Morgan fingerprint density at radius 3 is 2.76 bits per heavy atom. The Hall–Kier alpha value is -3.23. The molecular formula is C16H18N6O3. The molecule has 130 valence electrons. The summed E-state index contributed by atoms with van der Waals surface area (Å²) in [5.41, 5.74) is 1.05. The first-order valence-corrected chi connectivity index (χ1v) is 7.94. The highest BCUT2D eigenvalue weighted by molar-refractivity contribution is 6.04. The fraction of sp³-hybridized carbons (Fsp3) is 0.312. The number of nitrogens with one attached hydrogen (secondary N) is 3. The maximum absolute atomic E-state index is 12.3. The quantitative estimate of drug-likeness (QED) is 0.639. The number of H-pyrrole nitrogens is 1. The normalized spacial score (nSPS) is 16.8. The van der Waals surface area contributed by atoms with Gasteiger partial charge in [0.25, 0.3) is 5.91 Å². The van der Waals surface area contributed by atoms with Crippen LogP contribution in [-0.2, 0) is 16.0 Å². The van der Waals surface area contributed by atoms with Gasteiger partial charge in [0.15, 0.2) is 0 Å². The van der Waals surface area contributed by atoms with Crippen LogP contribution in [-0.4, -0.2) is 50.5 Å². The first-order chi connectivity index (χ1) is 12.1. The molecule has 1 atom stereocenters. The van der Waals surface area contributed by atoms with Gasteiger partial charge in [-0.25, -0.2) is 9.89 Å². The Morgan fingerprint density at radius 1 is 1.24 bits per heavy atom. The van der Waals surface area contributed by atoms with E-state index in [1.807, 2.05) is 30.3 Å². The molecule has 25 heavy (non-hydrogen) atoms. The Balaban J connectivity index is 1.48. The highest BCUT2D eigenvalue weighted by Gasteiger charge is 2.37. The van der Waals surface area contributed by atoms with Crippen molar-refractivity contribution >= 4 is 23.8 Å². The van der Waals surface area contributed by atoms with Gasteiger partial charge in [-0.2, -0.15) is 10.1 Å². The standard InChI is InChI=1S/C16H18N6O3/c23-13(20-15-17-10-18-21-15)7-6-12-14(24)22(16(25)19-12)9-8-11-4-2-1-3-5-11/h1-5,10,12H,6-9H2,(H,19,25)(H2,17,18,20,21,23)/t12-/m1/s1. The van der Waals surface area contributed by atoms with E-state index in [4.69, 9.17) is 0 Å². The predicted octanol–water partition coefficient (Wildman–Crippen LogP) is 0.686. The number of carbonyl (C=O) groups excluding carboxylic acids is 3. The van der Waals surface area contributed by atoms with Gasteiger partial charge in [0.05, 0.1) is 0 Å². The number of imide groups is 1. The fourth-order valence-electron chi connectivity index (χ4n) is 2.61. The van der Waals surface area contributed by atoms with Crippen molar-refractivity contribution in [1.29, 1.82) is 0 Å². The number of rotatable bonds is 7. The third-order valence-electron chi connectivity index (χ3n) is 3.91. The van der Waals surface area contributed by atoms with Crippen molar-refractivity contribution in [3.05, 3.63) is 42.2 Å². The maximum Gasteiger partial charge on any atom is 0.324 e. The molecule has 1 aliphatic rings. The van der Waals surface area contributed by atoms with E-state index in [0.717, 1.165) is 5.56 Å². The monoisotopic (exact) mass is 342 g/mol. The lowest BCUT2D eigenvalue weighted by Crippen LogP contribution is -2.33. The van der Waals surface area contributed by atoms with Crippen molar-refractivity contribution in [1.82, 2.24) is 25.4 Å². The van der Waals surface area contributed by atoms with Crippen LogP contribution in [0.4, 0.5) is 10.7 Å². The van der Waals surface area contributed by atoms with Crippen LogP contribution in [0.3, 0.4) is 0 Å². The van der Waals surface area contributed by atoms with E-state index in [-0.39, 0.29) is 30.6 Å². The molecule has 0 radical (unpaired) electrons. The molecule has 3 rings (SSSR count). The van der Waals surface area contributed by atoms with Crippen LogP contribution in [0.25, 0.3) is 0 Å². The number of aromatic amines is 1. The van der Waals surface area contributed by atoms with Crippen LogP contribution in [0.2, 0.25) is 0 Å². The van der Waals surface area contributed by atoms with Crippen LogP contribution in [0.5, 0.6) is 0 Å². The SMILES string of the molecule is O=C(CC[C@H]1NC(=O)N(CCc2ccccc2)C1=O)Nc1ncn[nH]1. The maximum atomic E-state index is 12.3. The molecule has 0 bridgehead atoms. The second-order valence-corrected chi connectivity index (χ2v) is 5.65. The average Bonchev–Trinajstić information content (AvgIpc) is 3.21. The minimum atomic E-state index is -0.677. The fourth-order valence-corrected chi connectivity index (χ4v) is 2.61. The second-order valence-electron chi connectivity index (χ2n) is 5.65. The van der Waals surface area contributed by atoms with Crippen molar-refractivity contribution in [3.63, 3.8) is 0 Å². The Bertz CT molecular complexity index is 746. The highest BCUT2D eigenvalue weighted by Crippen LogP contribution is 2.13. The zero-order valence-corrected chi connectivity index (χ0v) is 13.4. The summed E-state index contributed by atoms with van der Waals surface area (Å²) < 4.78 is 0. The van der Waals surface area contributed by atoms with Gasteiger partial charge >= 0.3 is 6.03 Å². The van der Waals surface area contributed by atoms with Crippen molar-refractivity contribution in [2.24, 2.45) is 0 Å². The molecule has 4 amide bonds. The molecule has 0 aliphatic carbocycles. The summed E-state index contributed by atoms with van der Waals surface area (Å²) in [5, 5.41) is 11.3. The average molecular weight is 342 g/mol. The molecule has 2 heterocycles. The lowest BCUT2D eigenvalue weighted by molar-refractivity contribution is -0.127. The van der Waals surface area contributed by atoms with Crippen molar-refractivity contribution in [3.8, 4) is 0 Å². The van der Waals surface area contributed by atoms with Crippen LogP contribution in [0.15, 0.2) is 36.7 Å². The summed E-state index contributed by atoms with van der Waals surface area (Å²) in [5.74, 6) is -0.355. The van der Waals surface area contributed by atoms with Crippen molar-refractivity contribution in [2.45, 2.75) is 25.3 Å². The summed E-state index contributed by atoms with van der Waals surface area (Å²) in [4.78, 5) is 41.1. The number of amides is 4. The Labute approximate surface area is 143 Å². The van der Waals surface area contributed by atoms with Gasteiger partial charge in [-0.05, 0) is 18.4 Å². The lowest BCUT2D eigenvalue weighted by atomic mass is 10.1. The van der Waals surface area contributed by atoms with Crippen LogP contribution < -0.4 is 10.6 Å². The summed E-state index contributed by atoms with van der Waals surface area (Å²) >= 11 is 0. The molecule has 1 aromatic heterocycles. The number of nitrogens with zero attached hydrogens (tertiary/aromatic N) is 3. The molecule has 1 saturated heterocycles. The highest BCUT2D eigenvalue weighted by atomic mass is 16.2. The molecule has 9 nitrogen and oxygen atoms in total. The van der Waals surface area contributed by atoms with Crippen molar-refractivity contribution < 1.29 is 14.4 Å². The van der Waals surface area contributed by atoms with Gasteiger partial charge in [0.1, 0.15) is 12.4 Å². The largest absolute Gasteiger partial charge is 0.326 e. The molecule has 0 saturated carbocycles. The number of anilines is 1. The minimum Gasteiger partial charge on any atom is -0.326 e. The molecule has 9 heteroatoms. The first-order valence-electron chi connectivity index (χ1n) is 7.94.